The molecule has 0 saturated heterocycles. The van der Waals surface area contributed by atoms with Gasteiger partial charge >= 0.3 is 0 Å². The summed E-state index contributed by atoms with van der Waals surface area (Å²) < 4.78 is 4.63. The van der Waals surface area contributed by atoms with Crippen molar-refractivity contribution in [3.05, 3.63) is 20.9 Å². The largest absolute Gasteiger partial charge is 0.462 e. The monoisotopic (exact) mass is 195 g/mol. The summed E-state index contributed by atoms with van der Waals surface area (Å²) in [5.41, 5.74) is 1.63. The normalized spacial score (nSPS) is 9.31. The number of carbonyl (C=O) groups excluding carboxylic acids is 1. The Morgan fingerprint density at radius 2 is 2.31 bits per heavy atom. The van der Waals surface area contributed by atoms with Crippen LogP contribution in [0.25, 0.3) is 0 Å². The third-order valence-electron chi connectivity index (χ3n) is 1.82. The molecule has 0 bridgehead atoms. The van der Waals surface area contributed by atoms with Gasteiger partial charge in [-0.05, 0) is 19.4 Å². The minimum absolute atomic E-state index is 0.266. The lowest BCUT2D eigenvalue weighted by atomic mass is 10.1. The molecule has 0 fully saturated rings. The van der Waals surface area contributed by atoms with Gasteiger partial charge in [0.05, 0.1) is 5.56 Å². The third-order valence-corrected chi connectivity index (χ3v) is 3.00. The lowest BCUT2D eigenvalue weighted by Crippen LogP contribution is -1.89. The van der Waals surface area contributed by atoms with Gasteiger partial charge in [-0.2, -0.15) is 5.26 Å². The number of thiophene rings is 1. The molecular weight excluding hydrogens is 186 g/mol. The van der Waals surface area contributed by atoms with Crippen LogP contribution in [0.5, 0.6) is 0 Å². The van der Waals surface area contributed by atoms with Gasteiger partial charge in [0.25, 0.3) is 6.47 Å². The molecule has 4 heteroatoms. The number of nitriles is 1. The summed E-state index contributed by atoms with van der Waals surface area (Å²) in [6.07, 6.45) is 0. The lowest BCUT2D eigenvalue weighted by molar-refractivity contribution is -0.129. The number of aryl methyl sites for hydroxylation is 1. The fraction of sp³-hybridized carbons (Fsp3) is 0.333. The first kappa shape index (κ1) is 9.75. The summed E-state index contributed by atoms with van der Waals surface area (Å²) in [7, 11) is 0. The molecule has 0 atom stereocenters. The van der Waals surface area contributed by atoms with E-state index in [4.69, 9.17) is 5.26 Å². The molecule has 0 amide bonds. The maximum Gasteiger partial charge on any atom is 0.293 e. The molecule has 0 radical (unpaired) electrons. The Morgan fingerprint density at radius 3 is 2.77 bits per heavy atom. The van der Waals surface area contributed by atoms with E-state index in [-0.39, 0.29) is 6.61 Å². The molecule has 1 aromatic rings. The molecular formula is C9H9NO2S. The van der Waals surface area contributed by atoms with E-state index in [2.05, 4.69) is 10.8 Å². The van der Waals surface area contributed by atoms with Gasteiger partial charge in [-0.3, -0.25) is 4.79 Å². The molecule has 0 N–H and O–H groups in total. The van der Waals surface area contributed by atoms with Crippen LogP contribution in [0.1, 0.15) is 20.9 Å². The number of hydrogen-bond donors (Lipinski definition) is 0. The van der Waals surface area contributed by atoms with Crippen molar-refractivity contribution in [3.63, 3.8) is 0 Å². The first-order valence-electron chi connectivity index (χ1n) is 3.75. The maximum atomic E-state index is 9.97. The Kier molecular flexibility index (Phi) is 3.04. The van der Waals surface area contributed by atoms with E-state index in [1.54, 1.807) is 0 Å². The minimum Gasteiger partial charge on any atom is -0.462 e. The Balaban J connectivity index is 2.98. The number of carbonyl (C=O) groups is 1. The topological polar surface area (TPSA) is 50.1 Å². The second-order valence-corrected chi connectivity index (χ2v) is 3.91. The fourth-order valence-electron chi connectivity index (χ4n) is 1.13. The van der Waals surface area contributed by atoms with Gasteiger partial charge in [0.15, 0.2) is 0 Å². The highest BCUT2D eigenvalue weighted by Crippen LogP contribution is 2.26. The molecule has 1 heterocycles. The quantitative estimate of drug-likeness (QED) is 0.692. The molecule has 1 aromatic heterocycles. The molecule has 0 aliphatic heterocycles. The second-order valence-electron chi connectivity index (χ2n) is 2.60. The molecule has 0 aliphatic rings. The number of ether oxygens (including phenoxy) is 1. The zero-order valence-corrected chi connectivity index (χ0v) is 8.27. The number of hydrogen-bond acceptors (Lipinski definition) is 4. The molecule has 3 nitrogen and oxygen atoms in total. The molecule has 0 unspecified atom stereocenters. The van der Waals surface area contributed by atoms with Crippen LogP contribution in [0, 0.1) is 25.2 Å². The van der Waals surface area contributed by atoms with Crippen LogP contribution in [-0.4, -0.2) is 6.47 Å². The summed E-state index contributed by atoms with van der Waals surface area (Å²) >= 11 is 1.50. The van der Waals surface area contributed by atoms with Crippen LogP contribution < -0.4 is 0 Å². The van der Waals surface area contributed by atoms with Gasteiger partial charge in [0.2, 0.25) is 0 Å². The van der Waals surface area contributed by atoms with E-state index >= 15 is 0 Å². The standard InChI is InChI=1S/C9H9NO2S/c1-6-8(3-10)7(2)13-9(6)4-12-5-11/h5H,4H2,1-2H3. The second kappa shape index (κ2) is 4.06. The Labute approximate surface area is 80.6 Å². The van der Waals surface area contributed by atoms with Crippen LogP contribution in [-0.2, 0) is 16.1 Å². The molecule has 68 valence electrons. The van der Waals surface area contributed by atoms with Crippen molar-refractivity contribution < 1.29 is 9.53 Å². The number of nitrogens with zero attached hydrogens (tertiary/aromatic N) is 1. The Morgan fingerprint density at radius 1 is 1.62 bits per heavy atom. The lowest BCUT2D eigenvalue weighted by Gasteiger charge is -1.95. The fourth-order valence-corrected chi connectivity index (χ4v) is 2.18. The van der Waals surface area contributed by atoms with E-state index in [1.807, 2.05) is 13.8 Å². The summed E-state index contributed by atoms with van der Waals surface area (Å²) in [6, 6.07) is 2.13. The van der Waals surface area contributed by atoms with E-state index in [1.165, 1.54) is 11.3 Å². The van der Waals surface area contributed by atoms with Gasteiger partial charge in [-0.15, -0.1) is 11.3 Å². The SMILES string of the molecule is Cc1sc(COC=O)c(C)c1C#N. The Hall–Kier alpha value is -1.34. The van der Waals surface area contributed by atoms with E-state index < -0.39 is 0 Å². The van der Waals surface area contributed by atoms with Crippen molar-refractivity contribution in [3.8, 4) is 6.07 Å². The van der Waals surface area contributed by atoms with E-state index in [0.29, 0.717) is 12.0 Å². The summed E-state index contributed by atoms with van der Waals surface area (Å²) in [5, 5.41) is 8.78. The summed E-state index contributed by atoms with van der Waals surface area (Å²) in [6.45, 7) is 4.44. The third kappa shape index (κ3) is 1.87. The van der Waals surface area contributed by atoms with Crippen LogP contribution in [0.4, 0.5) is 0 Å². The molecule has 0 aromatic carbocycles. The predicted octanol–water partition coefficient (Wildman–Crippen LogP) is 1.91. The van der Waals surface area contributed by atoms with Crippen molar-refractivity contribution in [2.45, 2.75) is 20.5 Å². The van der Waals surface area contributed by atoms with E-state index in [9.17, 15) is 4.79 Å². The molecule has 0 aliphatic carbocycles. The summed E-state index contributed by atoms with van der Waals surface area (Å²) in [5.74, 6) is 0. The highest BCUT2D eigenvalue weighted by Gasteiger charge is 2.11. The first-order chi connectivity index (χ1) is 6.20. The van der Waals surface area contributed by atoms with Crippen LogP contribution in [0.15, 0.2) is 0 Å². The molecule has 0 spiro atoms. The molecule has 0 saturated carbocycles. The highest BCUT2D eigenvalue weighted by molar-refractivity contribution is 7.12. The zero-order valence-electron chi connectivity index (χ0n) is 7.46. The van der Waals surface area contributed by atoms with Gasteiger partial charge in [0.1, 0.15) is 12.7 Å². The van der Waals surface area contributed by atoms with Crippen molar-refractivity contribution >= 4 is 17.8 Å². The molecule has 1 rings (SSSR count). The van der Waals surface area contributed by atoms with Crippen molar-refractivity contribution in [1.29, 1.82) is 5.26 Å². The summed E-state index contributed by atoms with van der Waals surface area (Å²) in [4.78, 5) is 11.9. The smallest absolute Gasteiger partial charge is 0.293 e. The Bertz CT molecular complexity index is 362. The maximum absolute atomic E-state index is 9.97. The van der Waals surface area contributed by atoms with Gasteiger partial charge in [-0.1, -0.05) is 0 Å². The average molecular weight is 195 g/mol. The predicted molar refractivity (Wildman–Crippen MR) is 49.4 cm³/mol. The van der Waals surface area contributed by atoms with Crippen LogP contribution in [0.3, 0.4) is 0 Å². The van der Waals surface area contributed by atoms with Gasteiger partial charge in [0, 0.05) is 9.75 Å². The van der Waals surface area contributed by atoms with Crippen molar-refractivity contribution in [1.82, 2.24) is 0 Å². The average Bonchev–Trinajstić information content (AvgIpc) is 2.38. The van der Waals surface area contributed by atoms with Crippen LogP contribution in [0.2, 0.25) is 0 Å². The zero-order chi connectivity index (χ0) is 9.84. The number of rotatable bonds is 3. The highest BCUT2D eigenvalue weighted by atomic mass is 32.1. The van der Waals surface area contributed by atoms with Crippen molar-refractivity contribution in [2.24, 2.45) is 0 Å². The van der Waals surface area contributed by atoms with Gasteiger partial charge < -0.3 is 4.74 Å². The molecule has 13 heavy (non-hydrogen) atoms. The van der Waals surface area contributed by atoms with Crippen molar-refractivity contribution in [2.75, 3.05) is 0 Å². The first-order valence-corrected chi connectivity index (χ1v) is 4.56. The van der Waals surface area contributed by atoms with Gasteiger partial charge in [-0.25, -0.2) is 0 Å². The van der Waals surface area contributed by atoms with Crippen LogP contribution >= 0.6 is 11.3 Å². The van der Waals surface area contributed by atoms with E-state index in [0.717, 1.165) is 15.3 Å². The minimum atomic E-state index is 0.266.